The number of aliphatic carboxylic acids is 1. The lowest BCUT2D eigenvalue weighted by atomic mass is 10.2. The van der Waals surface area contributed by atoms with E-state index in [1.54, 1.807) is 18.2 Å². The van der Waals surface area contributed by atoms with Crippen LogP contribution in [0.3, 0.4) is 0 Å². The summed E-state index contributed by atoms with van der Waals surface area (Å²) in [5.74, 6) is -1.08. The summed E-state index contributed by atoms with van der Waals surface area (Å²) in [6, 6.07) is 6.38. The van der Waals surface area contributed by atoms with Crippen molar-refractivity contribution < 1.29 is 18.3 Å². The predicted molar refractivity (Wildman–Crippen MR) is 57.6 cm³/mol. The summed E-state index contributed by atoms with van der Waals surface area (Å²) in [5, 5.41) is 12.4. The summed E-state index contributed by atoms with van der Waals surface area (Å²) in [5.41, 5.74) is 0.590. The summed E-state index contributed by atoms with van der Waals surface area (Å²) >= 11 is 0. The van der Waals surface area contributed by atoms with E-state index in [-0.39, 0.29) is 17.0 Å². The van der Waals surface area contributed by atoms with E-state index in [0.717, 1.165) is 5.41 Å². The zero-order chi connectivity index (χ0) is 11.8. The third-order valence-electron chi connectivity index (χ3n) is 2.13. The fourth-order valence-electron chi connectivity index (χ4n) is 1.52. The Hall–Kier alpha value is -1.82. The molecule has 0 saturated heterocycles. The Labute approximate surface area is 92.3 Å². The molecule has 0 spiro atoms. The Morgan fingerprint density at radius 3 is 2.69 bits per heavy atom. The summed E-state index contributed by atoms with van der Waals surface area (Å²) in [6.07, 6.45) is -0.340. The quantitative estimate of drug-likeness (QED) is 0.810. The molecule has 1 aromatic rings. The topological polar surface area (TPSA) is 83.5 Å². The molecular formula is C10H9NO4S. The second kappa shape index (κ2) is 3.64. The number of hydrogen-bond acceptors (Lipinski definition) is 4. The van der Waals surface area contributed by atoms with Gasteiger partial charge in [-0.25, -0.2) is 8.42 Å². The molecule has 1 aromatic carbocycles. The van der Waals surface area contributed by atoms with Crippen LogP contribution in [0, 0.1) is 0 Å². The zero-order valence-electron chi connectivity index (χ0n) is 8.17. The van der Waals surface area contributed by atoms with Crippen LogP contribution in [0.1, 0.15) is 6.42 Å². The molecule has 6 heteroatoms. The summed E-state index contributed by atoms with van der Waals surface area (Å²) in [4.78, 5) is 10.7. The molecule has 0 unspecified atom stereocenters. The van der Waals surface area contributed by atoms with Gasteiger partial charge in [0.15, 0.2) is 0 Å². The Kier molecular flexibility index (Phi) is 2.43. The number of carbonyl (C=O) groups is 1. The lowest BCUT2D eigenvalue weighted by Crippen LogP contribution is -2.15. The smallest absolute Gasteiger partial charge is 0.309 e. The molecule has 0 amide bonds. The Bertz CT molecular complexity index is 574. The van der Waals surface area contributed by atoms with E-state index in [1.807, 2.05) is 0 Å². The largest absolute Gasteiger partial charge is 0.481 e. The van der Waals surface area contributed by atoms with E-state index < -0.39 is 15.8 Å². The van der Waals surface area contributed by atoms with Gasteiger partial charge in [0, 0.05) is 5.70 Å². The van der Waals surface area contributed by atoms with Gasteiger partial charge < -0.3 is 10.4 Å². The van der Waals surface area contributed by atoms with Crippen LogP contribution in [0.4, 0.5) is 5.69 Å². The van der Waals surface area contributed by atoms with Gasteiger partial charge in [-0.15, -0.1) is 0 Å². The number of anilines is 1. The normalized spacial score (nSPS) is 16.9. The van der Waals surface area contributed by atoms with Crippen molar-refractivity contribution in [3.63, 3.8) is 0 Å². The van der Waals surface area contributed by atoms with Crippen LogP contribution in [0.5, 0.6) is 0 Å². The lowest BCUT2D eigenvalue weighted by Gasteiger charge is -2.17. The third kappa shape index (κ3) is 1.92. The number of sulfone groups is 1. The van der Waals surface area contributed by atoms with Crippen LogP contribution in [-0.4, -0.2) is 19.5 Å². The number of para-hydroxylation sites is 1. The summed E-state index contributed by atoms with van der Waals surface area (Å²) in [6.45, 7) is 0. The molecule has 0 bridgehead atoms. The average Bonchev–Trinajstić information content (AvgIpc) is 2.15. The molecule has 0 aromatic heterocycles. The van der Waals surface area contributed by atoms with E-state index in [0.29, 0.717) is 5.69 Å². The minimum atomic E-state index is -3.52. The Balaban J connectivity index is 2.48. The van der Waals surface area contributed by atoms with Crippen molar-refractivity contribution in [2.24, 2.45) is 0 Å². The fourth-order valence-corrected chi connectivity index (χ4v) is 2.86. The Morgan fingerprint density at radius 1 is 1.31 bits per heavy atom. The minimum absolute atomic E-state index is 0.170. The number of hydrogen-bond donors (Lipinski definition) is 2. The number of fused-ring (bicyclic) bond motifs is 1. The van der Waals surface area contributed by atoms with Crippen molar-refractivity contribution >= 4 is 21.5 Å². The molecule has 1 aliphatic heterocycles. The molecule has 0 atom stereocenters. The molecular weight excluding hydrogens is 230 g/mol. The molecule has 5 nitrogen and oxygen atoms in total. The number of rotatable bonds is 2. The highest BCUT2D eigenvalue weighted by atomic mass is 32.2. The second-order valence-electron chi connectivity index (χ2n) is 3.38. The number of carboxylic acid groups (broad SMARTS) is 1. The van der Waals surface area contributed by atoms with Gasteiger partial charge in [0.05, 0.1) is 22.4 Å². The van der Waals surface area contributed by atoms with Gasteiger partial charge in [0.2, 0.25) is 9.84 Å². The van der Waals surface area contributed by atoms with Crippen molar-refractivity contribution in [2.75, 3.05) is 5.32 Å². The Morgan fingerprint density at radius 2 is 2.00 bits per heavy atom. The van der Waals surface area contributed by atoms with Crippen LogP contribution < -0.4 is 5.32 Å². The number of carboxylic acids is 1. The maximum absolute atomic E-state index is 11.8. The summed E-state index contributed by atoms with van der Waals surface area (Å²) < 4.78 is 23.5. The maximum atomic E-state index is 11.8. The monoisotopic (exact) mass is 239 g/mol. The average molecular weight is 239 g/mol. The predicted octanol–water partition coefficient (Wildman–Crippen LogP) is 1.20. The van der Waals surface area contributed by atoms with Gasteiger partial charge in [-0.1, -0.05) is 12.1 Å². The first-order chi connectivity index (χ1) is 7.49. The molecule has 2 rings (SSSR count). The highest BCUT2D eigenvalue weighted by Gasteiger charge is 2.23. The van der Waals surface area contributed by atoms with Gasteiger partial charge in [0.25, 0.3) is 0 Å². The second-order valence-corrected chi connectivity index (χ2v) is 5.15. The molecule has 16 heavy (non-hydrogen) atoms. The van der Waals surface area contributed by atoms with Gasteiger partial charge in [-0.2, -0.15) is 0 Å². The SMILES string of the molecule is O=C(O)CC1=CS(=O)(=O)c2ccccc2N1. The molecule has 1 aliphatic rings. The fraction of sp³-hybridized carbons (Fsp3) is 0.100. The van der Waals surface area contributed by atoms with E-state index in [9.17, 15) is 13.2 Å². The molecule has 0 fully saturated rings. The molecule has 0 aliphatic carbocycles. The third-order valence-corrected chi connectivity index (χ3v) is 3.69. The van der Waals surface area contributed by atoms with Gasteiger partial charge in [-0.3, -0.25) is 4.79 Å². The first-order valence-electron chi connectivity index (χ1n) is 4.52. The van der Waals surface area contributed by atoms with Crippen LogP contribution in [0.2, 0.25) is 0 Å². The van der Waals surface area contributed by atoms with Crippen molar-refractivity contribution in [1.82, 2.24) is 0 Å². The first-order valence-corrected chi connectivity index (χ1v) is 6.07. The highest BCUT2D eigenvalue weighted by molar-refractivity contribution is 7.94. The van der Waals surface area contributed by atoms with E-state index in [1.165, 1.54) is 6.07 Å². The van der Waals surface area contributed by atoms with Crippen LogP contribution in [-0.2, 0) is 14.6 Å². The first kappa shape index (κ1) is 10.7. The molecule has 0 saturated carbocycles. The number of benzene rings is 1. The van der Waals surface area contributed by atoms with E-state index in [4.69, 9.17) is 5.11 Å². The summed E-state index contributed by atoms with van der Waals surface area (Å²) in [7, 11) is -3.52. The van der Waals surface area contributed by atoms with Crippen molar-refractivity contribution in [1.29, 1.82) is 0 Å². The minimum Gasteiger partial charge on any atom is -0.481 e. The lowest BCUT2D eigenvalue weighted by molar-refractivity contribution is -0.136. The van der Waals surface area contributed by atoms with E-state index in [2.05, 4.69) is 5.32 Å². The van der Waals surface area contributed by atoms with Crippen molar-refractivity contribution in [2.45, 2.75) is 11.3 Å². The van der Waals surface area contributed by atoms with Gasteiger partial charge >= 0.3 is 5.97 Å². The molecule has 1 heterocycles. The van der Waals surface area contributed by atoms with Crippen LogP contribution in [0.25, 0.3) is 0 Å². The molecule has 2 N–H and O–H groups in total. The van der Waals surface area contributed by atoms with E-state index >= 15 is 0 Å². The van der Waals surface area contributed by atoms with Gasteiger partial charge in [-0.05, 0) is 12.1 Å². The zero-order valence-corrected chi connectivity index (χ0v) is 8.99. The van der Waals surface area contributed by atoms with Crippen LogP contribution >= 0.6 is 0 Å². The standard InChI is InChI=1S/C10H9NO4S/c12-10(13)5-7-6-16(14,15)9-4-2-1-3-8(9)11-7/h1-4,6,11H,5H2,(H,12,13). The van der Waals surface area contributed by atoms with Gasteiger partial charge in [0.1, 0.15) is 0 Å². The molecule has 84 valence electrons. The van der Waals surface area contributed by atoms with Crippen LogP contribution in [0.15, 0.2) is 40.3 Å². The maximum Gasteiger partial charge on any atom is 0.309 e. The number of nitrogens with one attached hydrogen (secondary N) is 1. The van der Waals surface area contributed by atoms with Crippen molar-refractivity contribution in [3.8, 4) is 0 Å². The highest BCUT2D eigenvalue weighted by Crippen LogP contribution is 2.29. The van der Waals surface area contributed by atoms with Crippen molar-refractivity contribution in [3.05, 3.63) is 35.4 Å². The molecule has 0 radical (unpaired) electrons.